The summed E-state index contributed by atoms with van der Waals surface area (Å²) in [6.45, 7) is 9.56. The Balaban J connectivity index is 3.23. The van der Waals surface area contributed by atoms with Crippen LogP contribution < -0.4 is 0 Å². The molecule has 0 fully saturated rings. The second kappa shape index (κ2) is 8.61. The Bertz CT molecular complexity index is 607. The highest BCUT2D eigenvalue weighted by Gasteiger charge is 2.49. The molecule has 0 saturated carbocycles. The molecule has 0 amide bonds. The molecule has 0 unspecified atom stereocenters. The second-order valence-electron chi connectivity index (χ2n) is 7.56. The number of ether oxygens (including phenoxy) is 1. The maximum Gasteiger partial charge on any atom is 0.330 e. The molecule has 0 radical (unpaired) electrons. The molecule has 1 rings (SSSR count). The molecule has 1 atom stereocenters. The van der Waals surface area contributed by atoms with Crippen molar-refractivity contribution in [3.8, 4) is 0 Å². The Morgan fingerprint density at radius 3 is 2.52 bits per heavy atom. The summed E-state index contributed by atoms with van der Waals surface area (Å²) in [6, 6.07) is 0. The summed E-state index contributed by atoms with van der Waals surface area (Å²) < 4.78 is 4.62. The summed E-state index contributed by atoms with van der Waals surface area (Å²) in [6.07, 6.45) is 8.95. The number of hydrogen-bond acceptors (Lipinski definition) is 4. The van der Waals surface area contributed by atoms with E-state index in [0.29, 0.717) is 18.4 Å². The van der Waals surface area contributed by atoms with Gasteiger partial charge in [0, 0.05) is 17.9 Å². The lowest BCUT2D eigenvalue weighted by Gasteiger charge is -2.46. The highest BCUT2D eigenvalue weighted by molar-refractivity contribution is 5.98. The highest BCUT2D eigenvalue weighted by atomic mass is 16.5. The Morgan fingerprint density at radius 1 is 1.32 bits per heavy atom. The fourth-order valence-electron chi connectivity index (χ4n) is 3.36. The Morgan fingerprint density at radius 2 is 1.96 bits per heavy atom. The van der Waals surface area contributed by atoms with Crippen molar-refractivity contribution in [3.63, 3.8) is 0 Å². The van der Waals surface area contributed by atoms with Crippen molar-refractivity contribution in [2.45, 2.75) is 72.3 Å². The van der Waals surface area contributed by atoms with Crippen molar-refractivity contribution in [2.24, 2.45) is 5.41 Å². The molecule has 0 spiro atoms. The number of aliphatic hydroxyl groups is 1. The van der Waals surface area contributed by atoms with E-state index < -0.39 is 17.0 Å². The van der Waals surface area contributed by atoms with E-state index in [4.69, 9.17) is 0 Å². The summed E-state index contributed by atoms with van der Waals surface area (Å²) in [7, 11) is 1.33. The molecular weight excluding hydrogens is 316 g/mol. The van der Waals surface area contributed by atoms with Crippen molar-refractivity contribution in [1.29, 1.82) is 0 Å². The first-order chi connectivity index (χ1) is 11.6. The maximum atomic E-state index is 12.6. The number of carbonyl (C=O) groups is 2. The summed E-state index contributed by atoms with van der Waals surface area (Å²) >= 11 is 0. The average molecular weight is 348 g/mol. The first kappa shape index (κ1) is 21.4. The summed E-state index contributed by atoms with van der Waals surface area (Å²) in [4.78, 5) is 23.9. The average Bonchev–Trinajstić information content (AvgIpc) is 2.54. The van der Waals surface area contributed by atoms with Gasteiger partial charge in [-0.25, -0.2) is 4.79 Å². The number of unbranched alkanes of at least 4 members (excludes halogenated alkanes) is 2. The van der Waals surface area contributed by atoms with Crippen LogP contribution in [0, 0.1) is 5.41 Å². The molecule has 0 bridgehead atoms. The monoisotopic (exact) mass is 348 g/mol. The van der Waals surface area contributed by atoms with Gasteiger partial charge < -0.3 is 9.84 Å². The minimum Gasteiger partial charge on any atom is -0.466 e. The van der Waals surface area contributed by atoms with Gasteiger partial charge in [-0.2, -0.15) is 0 Å². The molecule has 4 heteroatoms. The van der Waals surface area contributed by atoms with Crippen molar-refractivity contribution in [3.05, 3.63) is 34.9 Å². The van der Waals surface area contributed by atoms with Gasteiger partial charge in [-0.3, -0.25) is 4.79 Å². The summed E-state index contributed by atoms with van der Waals surface area (Å²) in [5.41, 5.74) is 0.354. The van der Waals surface area contributed by atoms with Crippen LogP contribution in [0.3, 0.4) is 0 Å². The highest BCUT2D eigenvalue weighted by Crippen LogP contribution is 2.47. The third-order valence-electron chi connectivity index (χ3n) is 5.16. The molecule has 0 aromatic rings. The van der Waals surface area contributed by atoms with Crippen LogP contribution in [-0.4, -0.2) is 29.6 Å². The van der Waals surface area contributed by atoms with Gasteiger partial charge >= 0.3 is 5.97 Å². The van der Waals surface area contributed by atoms with Gasteiger partial charge in [0.2, 0.25) is 0 Å². The number of ketones is 1. The van der Waals surface area contributed by atoms with E-state index in [1.807, 2.05) is 20.8 Å². The van der Waals surface area contributed by atoms with Gasteiger partial charge in [0.15, 0.2) is 5.78 Å². The van der Waals surface area contributed by atoms with Crippen LogP contribution >= 0.6 is 0 Å². The lowest BCUT2D eigenvalue weighted by molar-refractivity contribution is -0.134. The van der Waals surface area contributed by atoms with Crippen LogP contribution in [0.5, 0.6) is 0 Å². The molecule has 0 saturated heterocycles. The Kier molecular flexibility index (Phi) is 7.36. The van der Waals surface area contributed by atoms with Crippen molar-refractivity contribution >= 4 is 11.8 Å². The van der Waals surface area contributed by atoms with Gasteiger partial charge in [0.25, 0.3) is 0 Å². The Labute approximate surface area is 151 Å². The number of allylic oxidation sites excluding steroid dienone is 3. The number of rotatable bonds is 7. The van der Waals surface area contributed by atoms with E-state index in [1.165, 1.54) is 13.2 Å². The molecule has 25 heavy (non-hydrogen) atoms. The smallest absolute Gasteiger partial charge is 0.330 e. The third-order valence-corrected chi connectivity index (χ3v) is 5.16. The number of esters is 1. The first-order valence-corrected chi connectivity index (χ1v) is 9.00. The predicted molar refractivity (Wildman–Crippen MR) is 100 cm³/mol. The normalized spacial score (nSPS) is 24.1. The van der Waals surface area contributed by atoms with Gasteiger partial charge in [0.05, 0.1) is 7.11 Å². The van der Waals surface area contributed by atoms with E-state index in [0.717, 1.165) is 30.4 Å². The number of Topliss-reactive ketones (excluding diaryl/α,β-unsaturated/α-hetero) is 1. The SMILES string of the molecule is CCCCCC1=C(C)[C@](O)(C=CC(C)=CC(=O)OC)C(C)(C)CC1=O. The minimum atomic E-state index is -1.21. The zero-order valence-electron chi connectivity index (χ0n) is 16.4. The van der Waals surface area contributed by atoms with E-state index in [9.17, 15) is 14.7 Å². The lowest BCUT2D eigenvalue weighted by Crippen LogP contribution is -2.49. The van der Waals surface area contributed by atoms with E-state index in [1.54, 1.807) is 19.1 Å². The second-order valence-corrected chi connectivity index (χ2v) is 7.56. The van der Waals surface area contributed by atoms with Crippen LogP contribution in [0.4, 0.5) is 0 Å². The molecule has 1 aliphatic carbocycles. The fraction of sp³-hybridized carbons (Fsp3) is 0.619. The Hall–Kier alpha value is -1.68. The zero-order valence-corrected chi connectivity index (χ0v) is 16.4. The predicted octanol–water partition coefficient (Wildman–Crippen LogP) is 4.29. The van der Waals surface area contributed by atoms with E-state index >= 15 is 0 Å². The van der Waals surface area contributed by atoms with Crippen LogP contribution in [0.1, 0.15) is 66.7 Å². The largest absolute Gasteiger partial charge is 0.466 e. The molecule has 1 aliphatic rings. The van der Waals surface area contributed by atoms with E-state index in [2.05, 4.69) is 11.7 Å². The number of carbonyl (C=O) groups excluding carboxylic acids is 2. The maximum absolute atomic E-state index is 12.6. The van der Waals surface area contributed by atoms with Crippen LogP contribution in [-0.2, 0) is 14.3 Å². The molecule has 0 aromatic carbocycles. The third kappa shape index (κ3) is 4.91. The fourth-order valence-corrected chi connectivity index (χ4v) is 3.36. The molecule has 0 aromatic heterocycles. The van der Waals surface area contributed by atoms with Crippen molar-refractivity contribution in [2.75, 3.05) is 7.11 Å². The summed E-state index contributed by atoms with van der Waals surface area (Å²) in [5, 5.41) is 11.4. The number of methoxy groups -OCH3 is 1. The van der Waals surface area contributed by atoms with Gasteiger partial charge in [-0.1, -0.05) is 39.7 Å². The number of hydrogen-bond donors (Lipinski definition) is 1. The topological polar surface area (TPSA) is 63.6 Å². The quantitative estimate of drug-likeness (QED) is 0.323. The molecule has 0 aliphatic heterocycles. The van der Waals surface area contributed by atoms with Gasteiger partial charge in [0.1, 0.15) is 5.60 Å². The molecule has 4 nitrogen and oxygen atoms in total. The first-order valence-electron chi connectivity index (χ1n) is 9.00. The van der Waals surface area contributed by atoms with Gasteiger partial charge in [-0.05, 0) is 49.5 Å². The van der Waals surface area contributed by atoms with E-state index in [-0.39, 0.29) is 5.78 Å². The molecule has 0 heterocycles. The van der Waals surface area contributed by atoms with Crippen LogP contribution in [0.15, 0.2) is 34.9 Å². The van der Waals surface area contributed by atoms with Crippen molar-refractivity contribution < 1.29 is 19.4 Å². The molecule has 1 N–H and O–H groups in total. The molecular formula is C21H32O4. The standard InChI is InChI=1S/C21H32O4/c1-7-8-9-10-17-16(3)21(24,20(4,5)14-18(17)22)12-11-15(2)13-19(23)25-6/h11-13,24H,7-10,14H2,1-6H3/t21-/m1/s1. The van der Waals surface area contributed by atoms with Crippen molar-refractivity contribution in [1.82, 2.24) is 0 Å². The van der Waals surface area contributed by atoms with Crippen LogP contribution in [0.2, 0.25) is 0 Å². The zero-order chi connectivity index (χ0) is 19.3. The molecule has 140 valence electrons. The minimum absolute atomic E-state index is 0.138. The lowest BCUT2D eigenvalue weighted by atomic mass is 9.62. The summed E-state index contributed by atoms with van der Waals surface area (Å²) in [5.74, 6) is -0.293. The van der Waals surface area contributed by atoms with Crippen LogP contribution in [0.25, 0.3) is 0 Å². The van der Waals surface area contributed by atoms with Gasteiger partial charge in [-0.15, -0.1) is 0 Å².